The molecule has 6 heteroatoms. The zero-order chi connectivity index (χ0) is 13.4. The first kappa shape index (κ1) is 12.3. The number of nitrogens with zero attached hydrogens (tertiary/aromatic N) is 3. The van der Waals surface area contributed by atoms with Crippen LogP contribution in [0, 0.1) is 6.92 Å². The molecule has 0 bridgehead atoms. The molecule has 0 spiro atoms. The van der Waals surface area contributed by atoms with Crippen LogP contribution in [0.5, 0.6) is 0 Å². The van der Waals surface area contributed by atoms with Gasteiger partial charge < -0.3 is 14.4 Å². The van der Waals surface area contributed by atoms with Gasteiger partial charge >= 0.3 is 0 Å². The van der Waals surface area contributed by atoms with Crippen molar-refractivity contribution in [2.75, 3.05) is 11.9 Å². The number of fused-ring (bicyclic) bond motifs is 1. The van der Waals surface area contributed by atoms with Crippen LogP contribution in [0.25, 0.3) is 4.96 Å². The molecule has 0 saturated carbocycles. The van der Waals surface area contributed by atoms with Crippen LogP contribution in [-0.4, -0.2) is 21.5 Å². The number of anilines is 1. The van der Waals surface area contributed by atoms with Gasteiger partial charge in [0.25, 0.3) is 0 Å². The Bertz CT molecular complexity index is 698. The number of aliphatic hydroxyl groups is 1. The van der Waals surface area contributed by atoms with E-state index in [1.165, 1.54) is 0 Å². The Labute approximate surface area is 114 Å². The van der Waals surface area contributed by atoms with E-state index in [9.17, 15) is 5.11 Å². The predicted molar refractivity (Wildman–Crippen MR) is 74.5 cm³/mol. The van der Waals surface area contributed by atoms with E-state index in [1.807, 2.05) is 47.0 Å². The zero-order valence-corrected chi connectivity index (χ0v) is 11.6. The maximum Gasteiger partial charge on any atom is 0.195 e. The highest BCUT2D eigenvalue weighted by atomic mass is 32.1. The molecule has 3 aromatic rings. The van der Waals surface area contributed by atoms with Crippen molar-refractivity contribution in [3.05, 3.63) is 40.9 Å². The number of hydrogen-bond acceptors (Lipinski definition) is 5. The van der Waals surface area contributed by atoms with Gasteiger partial charge in [-0.3, -0.25) is 4.40 Å². The lowest BCUT2D eigenvalue weighted by molar-refractivity contribution is 0.276. The average Bonchev–Trinajstić information content (AvgIpc) is 3.03. The van der Waals surface area contributed by atoms with Crippen molar-refractivity contribution >= 4 is 22.1 Å². The second kappa shape index (κ2) is 4.71. The van der Waals surface area contributed by atoms with Crippen LogP contribution in [-0.2, 0) is 13.2 Å². The monoisotopic (exact) mass is 277 g/mol. The lowest BCUT2D eigenvalue weighted by Crippen LogP contribution is -2.18. The highest BCUT2D eigenvalue weighted by Crippen LogP contribution is 2.25. The van der Waals surface area contributed by atoms with Crippen molar-refractivity contribution in [2.24, 2.45) is 0 Å². The van der Waals surface area contributed by atoms with Crippen molar-refractivity contribution in [1.82, 2.24) is 9.38 Å². The summed E-state index contributed by atoms with van der Waals surface area (Å²) in [4.78, 5) is 7.43. The average molecular weight is 277 g/mol. The fourth-order valence-corrected chi connectivity index (χ4v) is 2.88. The fourth-order valence-electron chi connectivity index (χ4n) is 2.15. The quantitative estimate of drug-likeness (QED) is 0.795. The summed E-state index contributed by atoms with van der Waals surface area (Å²) in [5, 5.41) is 11.5. The Kier molecular flexibility index (Phi) is 3.04. The van der Waals surface area contributed by atoms with E-state index < -0.39 is 0 Å². The smallest absolute Gasteiger partial charge is 0.195 e. The number of aliphatic hydroxyl groups excluding tert-OH is 1. The highest BCUT2D eigenvalue weighted by molar-refractivity contribution is 7.15. The molecule has 0 aromatic carbocycles. The normalized spacial score (nSPS) is 11.3. The van der Waals surface area contributed by atoms with Crippen LogP contribution < -0.4 is 4.90 Å². The molecule has 3 heterocycles. The van der Waals surface area contributed by atoms with Gasteiger partial charge in [0, 0.05) is 18.6 Å². The first-order valence-corrected chi connectivity index (χ1v) is 6.88. The first-order chi connectivity index (χ1) is 9.19. The molecule has 0 aliphatic rings. The van der Waals surface area contributed by atoms with Crippen molar-refractivity contribution in [2.45, 2.75) is 20.1 Å². The third-order valence-electron chi connectivity index (χ3n) is 3.04. The molecule has 100 valence electrons. The number of furan rings is 1. The predicted octanol–water partition coefficient (Wildman–Crippen LogP) is 2.43. The molecule has 0 saturated heterocycles. The maximum atomic E-state index is 9.54. The third-order valence-corrected chi connectivity index (χ3v) is 3.80. The van der Waals surface area contributed by atoms with E-state index in [2.05, 4.69) is 4.98 Å². The van der Waals surface area contributed by atoms with Crippen molar-refractivity contribution < 1.29 is 9.52 Å². The summed E-state index contributed by atoms with van der Waals surface area (Å²) in [6.07, 6.45) is 1.92. The van der Waals surface area contributed by atoms with Gasteiger partial charge in [0.2, 0.25) is 0 Å². The zero-order valence-electron chi connectivity index (χ0n) is 10.8. The van der Waals surface area contributed by atoms with Gasteiger partial charge in [-0.15, -0.1) is 11.3 Å². The Morgan fingerprint density at radius 1 is 1.47 bits per heavy atom. The minimum Gasteiger partial charge on any atom is -0.464 e. The van der Waals surface area contributed by atoms with Crippen molar-refractivity contribution in [1.29, 1.82) is 0 Å². The van der Waals surface area contributed by atoms with Gasteiger partial charge in [0.1, 0.15) is 11.5 Å². The summed E-state index contributed by atoms with van der Waals surface area (Å²) < 4.78 is 7.49. The summed E-state index contributed by atoms with van der Waals surface area (Å²) in [5.41, 5.74) is 0.807. The fraction of sp³-hybridized carbons (Fsp3) is 0.308. The Morgan fingerprint density at radius 3 is 3.00 bits per heavy atom. The molecule has 19 heavy (non-hydrogen) atoms. The second-order valence-electron chi connectivity index (χ2n) is 4.46. The molecule has 3 rings (SSSR count). The van der Waals surface area contributed by atoms with Crippen LogP contribution >= 0.6 is 11.3 Å². The number of aromatic nitrogens is 2. The van der Waals surface area contributed by atoms with Gasteiger partial charge in [-0.25, -0.2) is 4.98 Å². The summed E-state index contributed by atoms with van der Waals surface area (Å²) in [5.74, 6) is 2.58. The van der Waals surface area contributed by atoms with E-state index >= 15 is 0 Å². The van der Waals surface area contributed by atoms with Crippen LogP contribution in [0.3, 0.4) is 0 Å². The second-order valence-corrected chi connectivity index (χ2v) is 5.34. The molecule has 0 aliphatic carbocycles. The number of rotatable bonds is 4. The molecule has 0 atom stereocenters. The summed E-state index contributed by atoms with van der Waals surface area (Å²) >= 11 is 1.56. The first-order valence-electron chi connectivity index (χ1n) is 6.01. The molecule has 0 radical (unpaired) electrons. The molecular formula is C13H15N3O2S. The van der Waals surface area contributed by atoms with Crippen LogP contribution in [0.4, 0.5) is 5.82 Å². The molecule has 0 unspecified atom stereocenters. The summed E-state index contributed by atoms with van der Waals surface area (Å²) in [7, 11) is 1.95. The minimum absolute atomic E-state index is 0.0330. The molecule has 0 aliphatic heterocycles. The Balaban J connectivity index is 1.92. The minimum atomic E-state index is -0.0330. The SMILES string of the molecule is Cc1ccc(CN(C)c2nc3sccn3c2CO)o1. The lowest BCUT2D eigenvalue weighted by Gasteiger charge is -2.16. The van der Waals surface area contributed by atoms with Gasteiger partial charge in [-0.2, -0.15) is 0 Å². The number of imidazole rings is 1. The van der Waals surface area contributed by atoms with E-state index in [1.54, 1.807) is 11.3 Å². The molecule has 0 fully saturated rings. The molecule has 1 N–H and O–H groups in total. The van der Waals surface area contributed by atoms with Gasteiger partial charge in [-0.1, -0.05) is 0 Å². The van der Waals surface area contributed by atoms with E-state index in [4.69, 9.17) is 4.42 Å². The highest BCUT2D eigenvalue weighted by Gasteiger charge is 2.16. The Hall–Kier alpha value is -1.79. The summed E-state index contributed by atoms with van der Waals surface area (Å²) in [6.45, 7) is 2.52. The Morgan fingerprint density at radius 2 is 2.32 bits per heavy atom. The van der Waals surface area contributed by atoms with Crippen molar-refractivity contribution in [3.63, 3.8) is 0 Å². The van der Waals surface area contributed by atoms with Gasteiger partial charge in [0.15, 0.2) is 10.8 Å². The topological polar surface area (TPSA) is 53.9 Å². The molecule has 5 nitrogen and oxygen atoms in total. The molecule has 3 aromatic heterocycles. The van der Waals surface area contributed by atoms with E-state index in [0.717, 1.165) is 28.0 Å². The van der Waals surface area contributed by atoms with Crippen molar-refractivity contribution in [3.8, 4) is 0 Å². The molecule has 0 amide bonds. The summed E-state index contributed by atoms with van der Waals surface area (Å²) in [6, 6.07) is 3.91. The number of thiazole rings is 1. The van der Waals surface area contributed by atoms with Crippen LogP contribution in [0.1, 0.15) is 17.2 Å². The third kappa shape index (κ3) is 2.13. The largest absolute Gasteiger partial charge is 0.464 e. The lowest BCUT2D eigenvalue weighted by atomic mass is 10.3. The van der Waals surface area contributed by atoms with Gasteiger partial charge in [0.05, 0.1) is 18.8 Å². The van der Waals surface area contributed by atoms with E-state index in [0.29, 0.717) is 6.54 Å². The van der Waals surface area contributed by atoms with E-state index in [-0.39, 0.29) is 6.61 Å². The standard InChI is InChI=1S/C13H15N3O2S/c1-9-3-4-10(18-9)7-15(2)12-11(8-17)16-5-6-19-13(16)14-12/h3-6,17H,7-8H2,1-2H3. The number of aryl methyl sites for hydroxylation is 1. The van der Waals surface area contributed by atoms with Gasteiger partial charge in [-0.05, 0) is 19.1 Å². The number of hydrogen-bond donors (Lipinski definition) is 1. The van der Waals surface area contributed by atoms with Crippen LogP contribution in [0.15, 0.2) is 28.1 Å². The van der Waals surface area contributed by atoms with Crippen LogP contribution in [0.2, 0.25) is 0 Å². The molecular weight excluding hydrogens is 262 g/mol. The maximum absolute atomic E-state index is 9.54.